The molecule has 0 aliphatic carbocycles. The normalized spacial score (nSPS) is 22.9. The van der Waals surface area contributed by atoms with E-state index in [1.165, 1.54) is 3.71 Å². The summed E-state index contributed by atoms with van der Waals surface area (Å²) in [6.45, 7) is 1.87. The predicted molar refractivity (Wildman–Crippen MR) is 103 cm³/mol. The van der Waals surface area contributed by atoms with Gasteiger partial charge in [0.05, 0.1) is 21.8 Å². The summed E-state index contributed by atoms with van der Waals surface area (Å²) in [6, 6.07) is 2.80. The van der Waals surface area contributed by atoms with E-state index in [9.17, 15) is 14.1 Å². The van der Waals surface area contributed by atoms with E-state index >= 15 is 0 Å². The third-order valence-electron chi connectivity index (χ3n) is 4.24. The number of anilines is 2. The van der Waals surface area contributed by atoms with E-state index in [4.69, 9.17) is 11.2 Å². The highest BCUT2D eigenvalue weighted by Gasteiger charge is 2.35. The minimum absolute atomic E-state index is 0.138. The van der Waals surface area contributed by atoms with Crippen LogP contribution in [0.4, 0.5) is 16.3 Å². The molecule has 11 heteroatoms. The van der Waals surface area contributed by atoms with Crippen molar-refractivity contribution in [1.29, 1.82) is 0 Å². The lowest BCUT2D eigenvalue weighted by molar-refractivity contribution is -0.122. The summed E-state index contributed by atoms with van der Waals surface area (Å²) in [7, 11) is -1.50. The molecule has 1 aromatic rings. The van der Waals surface area contributed by atoms with Crippen molar-refractivity contribution in [3.05, 3.63) is 18.3 Å². The summed E-state index contributed by atoms with van der Waals surface area (Å²) in [6.07, 6.45) is 3.82. The molecule has 2 saturated heterocycles. The number of hydrogen-bond acceptors (Lipinski definition) is 5. The summed E-state index contributed by atoms with van der Waals surface area (Å²) in [5.41, 5.74) is 0.695. The van der Waals surface area contributed by atoms with E-state index in [1.807, 2.05) is 0 Å². The van der Waals surface area contributed by atoms with E-state index < -0.39 is 16.0 Å². The molecule has 0 spiro atoms. The Morgan fingerprint density at radius 2 is 2.08 bits per heavy atom. The maximum atomic E-state index is 12.7. The molecular weight excluding hydrogens is 382 g/mol. The van der Waals surface area contributed by atoms with E-state index in [-0.39, 0.29) is 11.9 Å². The number of thiol groups is 1. The van der Waals surface area contributed by atoms with Crippen LogP contribution in [0.3, 0.4) is 0 Å². The second-order valence-corrected chi connectivity index (χ2v) is 8.24. The molecule has 1 aromatic heterocycles. The number of amides is 3. The maximum Gasteiger partial charge on any atom is 0.321 e. The smallest absolute Gasteiger partial charge is 0.321 e. The van der Waals surface area contributed by atoms with Crippen molar-refractivity contribution in [2.24, 2.45) is 0 Å². The van der Waals surface area contributed by atoms with E-state index in [0.717, 1.165) is 12.8 Å². The average Bonchev–Trinajstić information content (AvgIpc) is 2.62. The van der Waals surface area contributed by atoms with Crippen molar-refractivity contribution in [2.45, 2.75) is 25.3 Å². The number of piperidine rings is 1. The standard InChI is InChI=1S/C14H19N5O3S3/c20-13-11(19(23)25(22)24)3-1-7-18(13)12-5-4-10(9-16-12)17-8-2-6-15-14(17)21/h4-5,9,11,23H,1-3,6-8H2,(H,15,21)(H,22,24). The Balaban J connectivity index is 1.76. The van der Waals surface area contributed by atoms with Crippen molar-refractivity contribution < 1.29 is 14.1 Å². The van der Waals surface area contributed by atoms with Crippen LogP contribution >= 0.6 is 12.8 Å². The molecule has 136 valence electrons. The molecule has 2 atom stereocenters. The van der Waals surface area contributed by atoms with Crippen LogP contribution in [0.25, 0.3) is 0 Å². The summed E-state index contributed by atoms with van der Waals surface area (Å²) in [5.74, 6) is 0.327. The second kappa shape index (κ2) is 7.96. The van der Waals surface area contributed by atoms with E-state index in [0.29, 0.717) is 37.6 Å². The second-order valence-electron chi connectivity index (χ2n) is 5.79. The van der Waals surface area contributed by atoms with E-state index in [1.54, 1.807) is 28.1 Å². The first-order valence-electron chi connectivity index (χ1n) is 7.91. The molecule has 0 aromatic carbocycles. The van der Waals surface area contributed by atoms with Crippen molar-refractivity contribution in [2.75, 3.05) is 29.4 Å². The number of carbonyl (C=O) groups is 2. The number of aromatic nitrogens is 1. The zero-order valence-electron chi connectivity index (χ0n) is 13.4. The Bertz CT molecular complexity index is 687. The zero-order valence-corrected chi connectivity index (χ0v) is 15.9. The molecule has 2 fully saturated rings. The lowest BCUT2D eigenvalue weighted by Gasteiger charge is -2.34. The molecule has 3 amide bonds. The molecule has 3 heterocycles. The van der Waals surface area contributed by atoms with Gasteiger partial charge in [-0.3, -0.25) is 14.6 Å². The first-order chi connectivity index (χ1) is 12.0. The van der Waals surface area contributed by atoms with Gasteiger partial charge in [-0.25, -0.2) is 9.78 Å². The number of carbonyl (C=O) groups excluding carboxylic acids is 2. The largest absolute Gasteiger partial charge is 0.338 e. The molecule has 25 heavy (non-hydrogen) atoms. The lowest BCUT2D eigenvalue weighted by Crippen LogP contribution is -2.50. The first kappa shape index (κ1) is 18.5. The Morgan fingerprint density at radius 1 is 1.32 bits per heavy atom. The molecule has 2 aliphatic heterocycles. The van der Waals surface area contributed by atoms with Crippen molar-refractivity contribution in [1.82, 2.24) is 14.0 Å². The van der Waals surface area contributed by atoms with Crippen LogP contribution in [0.2, 0.25) is 0 Å². The first-order valence-corrected chi connectivity index (χ1v) is 10.4. The van der Waals surface area contributed by atoms with Gasteiger partial charge in [0.25, 0.3) is 0 Å². The summed E-state index contributed by atoms with van der Waals surface area (Å²) >= 11 is 8.94. The van der Waals surface area contributed by atoms with Crippen LogP contribution in [0.1, 0.15) is 19.3 Å². The molecule has 0 radical (unpaired) electrons. The van der Waals surface area contributed by atoms with Gasteiger partial charge < -0.3 is 9.87 Å². The Hall–Kier alpha value is -1.27. The highest BCUT2D eigenvalue weighted by molar-refractivity contribution is 8.27. The van der Waals surface area contributed by atoms with Gasteiger partial charge in [-0.1, -0.05) is 12.8 Å². The van der Waals surface area contributed by atoms with Gasteiger partial charge in [0, 0.05) is 19.6 Å². The van der Waals surface area contributed by atoms with Crippen LogP contribution in [0.5, 0.6) is 0 Å². The molecule has 2 unspecified atom stereocenters. The number of rotatable bonds is 4. The molecule has 2 aliphatic rings. The summed E-state index contributed by atoms with van der Waals surface area (Å²) in [4.78, 5) is 32.1. The van der Waals surface area contributed by atoms with Gasteiger partial charge in [-0.2, -0.15) is 3.71 Å². The Kier molecular flexibility index (Phi) is 5.89. The Labute approximate surface area is 158 Å². The highest BCUT2D eigenvalue weighted by Crippen LogP contribution is 2.25. The minimum atomic E-state index is -1.50. The molecule has 0 bridgehead atoms. The van der Waals surface area contributed by atoms with Gasteiger partial charge in [-0.15, -0.1) is 0 Å². The third kappa shape index (κ3) is 3.95. The van der Waals surface area contributed by atoms with Gasteiger partial charge in [-0.05, 0) is 42.6 Å². The molecular formula is C14H19N5O3S3. The van der Waals surface area contributed by atoms with Crippen LogP contribution in [0, 0.1) is 0 Å². The molecule has 8 nitrogen and oxygen atoms in total. The summed E-state index contributed by atoms with van der Waals surface area (Å²) in [5, 5.41) is 2.79. The lowest BCUT2D eigenvalue weighted by atomic mass is 10.1. The predicted octanol–water partition coefficient (Wildman–Crippen LogP) is 1.11. The number of nitrogens with one attached hydrogen (secondary N) is 1. The monoisotopic (exact) mass is 401 g/mol. The van der Waals surface area contributed by atoms with Crippen LogP contribution in [0.15, 0.2) is 18.3 Å². The topological polar surface area (TPSA) is 89.0 Å². The Morgan fingerprint density at radius 3 is 2.72 bits per heavy atom. The van der Waals surface area contributed by atoms with Crippen LogP contribution in [-0.4, -0.2) is 50.9 Å². The van der Waals surface area contributed by atoms with E-state index in [2.05, 4.69) is 23.1 Å². The fourth-order valence-corrected chi connectivity index (χ4v) is 3.91. The summed E-state index contributed by atoms with van der Waals surface area (Å²) < 4.78 is 10.7. The van der Waals surface area contributed by atoms with Gasteiger partial charge in [0.15, 0.2) is 0 Å². The van der Waals surface area contributed by atoms with Gasteiger partial charge in [0.1, 0.15) is 11.9 Å². The maximum absolute atomic E-state index is 12.7. The minimum Gasteiger partial charge on any atom is -0.338 e. The number of pyridine rings is 1. The molecule has 0 saturated carbocycles. The van der Waals surface area contributed by atoms with Gasteiger partial charge >= 0.3 is 6.03 Å². The van der Waals surface area contributed by atoms with Crippen molar-refractivity contribution >= 4 is 57.4 Å². The zero-order chi connectivity index (χ0) is 18.0. The molecule has 2 N–H and O–H groups in total. The molecule has 3 rings (SSSR count). The number of nitrogens with zero attached hydrogens (tertiary/aromatic N) is 4. The highest BCUT2D eigenvalue weighted by atomic mass is 32.8. The fourth-order valence-electron chi connectivity index (χ4n) is 2.97. The van der Waals surface area contributed by atoms with Gasteiger partial charge in [0.2, 0.25) is 5.91 Å². The third-order valence-corrected chi connectivity index (χ3v) is 6.37. The SMILES string of the molecule is O=C1NCCCN1c1ccc(N2CCCC(N(S)S(O)=S)C2=O)nc1. The van der Waals surface area contributed by atoms with Crippen molar-refractivity contribution in [3.63, 3.8) is 0 Å². The van der Waals surface area contributed by atoms with Crippen LogP contribution in [-0.2, 0) is 25.9 Å². The number of hydrogen-bond donors (Lipinski definition) is 3. The quantitative estimate of drug-likeness (QED) is 0.655. The van der Waals surface area contributed by atoms with Crippen molar-refractivity contribution in [3.8, 4) is 0 Å². The van der Waals surface area contributed by atoms with Crippen LogP contribution < -0.4 is 15.1 Å². The number of urea groups is 1. The average molecular weight is 402 g/mol. The fraction of sp³-hybridized carbons (Fsp3) is 0.500.